The van der Waals surface area contributed by atoms with Crippen molar-refractivity contribution in [3.63, 3.8) is 0 Å². The maximum Gasteiger partial charge on any atom is 0.0826 e. The third-order valence-corrected chi connectivity index (χ3v) is 4.14. The first-order valence-electron chi connectivity index (χ1n) is 4.33. The molecule has 2 aliphatic heterocycles. The van der Waals surface area contributed by atoms with Crippen molar-refractivity contribution in [1.29, 1.82) is 0 Å². The molecule has 2 saturated heterocycles. The molecule has 0 aliphatic carbocycles. The lowest BCUT2D eigenvalue weighted by Gasteiger charge is -2.32. The molecule has 69 valence electrons. The number of thioether (sulfide) groups is 2. The maximum atomic E-state index is 5.67. The molecule has 12 heavy (non-hydrogen) atoms. The summed E-state index contributed by atoms with van der Waals surface area (Å²) in [5.41, 5.74) is 0. The van der Waals surface area contributed by atoms with Crippen molar-refractivity contribution < 1.29 is 4.74 Å². The highest BCUT2D eigenvalue weighted by atomic mass is 32.2. The van der Waals surface area contributed by atoms with Gasteiger partial charge in [0.25, 0.3) is 0 Å². The maximum absolute atomic E-state index is 5.67. The van der Waals surface area contributed by atoms with Crippen LogP contribution in [0.15, 0.2) is 0 Å². The van der Waals surface area contributed by atoms with Gasteiger partial charge >= 0.3 is 0 Å². The molecule has 2 unspecified atom stereocenters. The van der Waals surface area contributed by atoms with E-state index in [0.717, 1.165) is 18.9 Å². The molecule has 0 spiro atoms. The van der Waals surface area contributed by atoms with E-state index in [1.165, 1.54) is 11.5 Å². The number of hydrogen-bond acceptors (Lipinski definition) is 4. The second kappa shape index (κ2) is 4.74. The fourth-order valence-electron chi connectivity index (χ4n) is 1.48. The lowest BCUT2D eigenvalue weighted by Crippen LogP contribution is -2.49. The predicted molar refractivity (Wildman–Crippen MR) is 55.6 cm³/mol. The van der Waals surface area contributed by atoms with E-state index in [1.54, 1.807) is 0 Å². The summed E-state index contributed by atoms with van der Waals surface area (Å²) in [4.78, 5) is 0. The summed E-state index contributed by atoms with van der Waals surface area (Å²) < 4.78 is 5.67. The van der Waals surface area contributed by atoms with Gasteiger partial charge in [-0.3, -0.25) is 0 Å². The van der Waals surface area contributed by atoms with Gasteiger partial charge in [0, 0.05) is 35.6 Å². The molecule has 0 aromatic rings. The molecule has 1 N–H and O–H groups in total. The van der Waals surface area contributed by atoms with Crippen LogP contribution >= 0.6 is 23.5 Å². The quantitative estimate of drug-likeness (QED) is 0.687. The van der Waals surface area contributed by atoms with E-state index in [9.17, 15) is 0 Å². The van der Waals surface area contributed by atoms with Gasteiger partial charge in [-0.25, -0.2) is 0 Å². The summed E-state index contributed by atoms with van der Waals surface area (Å²) in [5, 5.41) is 3.52. The predicted octanol–water partition coefficient (Wildman–Crippen LogP) is 0.985. The topological polar surface area (TPSA) is 21.3 Å². The fourth-order valence-corrected chi connectivity index (χ4v) is 3.32. The first-order valence-corrected chi connectivity index (χ1v) is 6.53. The molecule has 0 saturated carbocycles. The van der Waals surface area contributed by atoms with Crippen molar-refractivity contribution >= 4 is 23.5 Å². The number of rotatable bonds is 1. The molecule has 4 heteroatoms. The van der Waals surface area contributed by atoms with Gasteiger partial charge in [0.05, 0.1) is 12.7 Å². The zero-order valence-corrected chi connectivity index (χ0v) is 8.63. The SMILES string of the molecule is [CH]1COC(C2CSCCN2)CS1. The standard InChI is InChI=1S/C8H14NOS2/c1-3-11-5-7(9-1)8-6-12-4-2-10-8/h4,7-9H,1-3,5-6H2. The molecule has 2 heterocycles. The van der Waals surface area contributed by atoms with Crippen LogP contribution in [0.1, 0.15) is 0 Å². The Morgan fingerprint density at radius 1 is 1.42 bits per heavy atom. The van der Waals surface area contributed by atoms with Gasteiger partial charge in [0.15, 0.2) is 0 Å². The average molecular weight is 204 g/mol. The Balaban J connectivity index is 1.80. The summed E-state index contributed by atoms with van der Waals surface area (Å²) in [6, 6.07) is 0.588. The molecule has 2 aliphatic rings. The molecular formula is C8H14NOS2. The van der Waals surface area contributed by atoms with Crippen molar-refractivity contribution in [1.82, 2.24) is 5.32 Å². The minimum absolute atomic E-state index is 0.438. The average Bonchev–Trinajstić information content (AvgIpc) is 2.21. The van der Waals surface area contributed by atoms with Crippen LogP contribution in [0, 0.1) is 5.75 Å². The first-order chi connectivity index (χ1) is 5.97. The molecule has 1 radical (unpaired) electrons. The first kappa shape index (κ1) is 9.19. The van der Waals surface area contributed by atoms with Crippen LogP contribution in [0.3, 0.4) is 0 Å². The van der Waals surface area contributed by atoms with E-state index < -0.39 is 0 Å². The second-order valence-corrected chi connectivity index (χ2v) is 5.16. The Kier molecular flexibility index (Phi) is 3.63. The minimum atomic E-state index is 0.438. The number of hydrogen-bond donors (Lipinski definition) is 1. The van der Waals surface area contributed by atoms with E-state index >= 15 is 0 Å². The Morgan fingerprint density at radius 2 is 2.42 bits per heavy atom. The van der Waals surface area contributed by atoms with Gasteiger partial charge in [0.2, 0.25) is 0 Å². The van der Waals surface area contributed by atoms with Crippen LogP contribution in [0.4, 0.5) is 0 Å². The minimum Gasteiger partial charge on any atom is -0.375 e. The third kappa shape index (κ3) is 2.31. The monoisotopic (exact) mass is 204 g/mol. The largest absolute Gasteiger partial charge is 0.375 e. The van der Waals surface area contributed by atoms with Crippen LogP contribution in [0.2, 0.25) is 0 Å². The second-order valence-electron chi connectivity index (χ2n) is 3.01. The van der Waals surface area contributed by atoms with Crippen molar-refractivity contribution in [3.8, 4) is 0 Å². The highest BCUT2D eigenvalue weighted by molar-refractivity contribution is 8.01. The molecule has 0 aromatic heterocycles. The summed E-state index contributed by atoms with van der Waals surface area (Å²) in [6.07, 6.45) is 0.438. The van der Waals surface area contributed by atoms with E-state index in [2.05, 4.69) is 11.1 Å². The van der Waals surface area contributed by atoms with Gasteiger partial charge in [-0.1, -0.05) is 0 Å². The number of nitrogens with one attached hydrogen (secondary N) is 1. The van der Waals surface area contributed by atoms with E-state index in [0.29, 0.717) is 12.1 Å². The Labute approximate surface area is 82.2 Å². The summed E-state index contributed by atoms with van der Waals surface area (Å²) in [6.45, 7) is 1.96. The molecule has 2 rings (SSSR count). The van der Waals surface area contributed by atoms with E-state index in [-0.39, 0.29) is 0 Å². The molecule has 2 atom stereocenters. The van der Waals surface area contributed by atoms with Crippen molar-refractivity contribution in [2.75, 3.05) is 30.4 Å². The van der Waals surface area contributed by atoms with Gasteiger partial charge in [-0.15, -0.1) is 0 Å². The molecular weight excluding hydrogens is 190 g/mol. The number of ether oxygens (including phenoxy) is 1. The van der Waals surface area contributed by atoms with E-state index in [4.69, 9.17) is 4.74 Å². The molecule has 0 amide bonds. The molecule has 2 nitrogen and oxygen atoms in total. The summed E-state index contributed by atoms with van der Waals surface area (Å²) in [5.74, 6) is 5.73. The normalized spacial score (nSPS) is 38.0. The Morgan fingerprint density at radius 3 is 3.08 bits per heavy atom. The van der Waals surface area contributed by atoms with Crippen molar-refractivity contribution in [2.24, 2.45) is 0 Å². The lowest BCUT2D eigenvalue weighted by molar-refractivity contribution is 0.0602. The van der Waals surface area contributed by atoms with Crippen molar-refractivity contribution in [2.45, 2.75) is 12.1 Å². The van der Waals surface area contributed by atoms with Crippen molar-refractivity contribution in [3.05, 3.63) is 5.75 Å². The van der Waals surface area contributed by atoms with Crippen LogP contribution in [0.25, 0.3) is 0 Å². The van der Waals surface area contributed by atoms with Gasteiger partial charge in [-0.05, 0) is 0 Å². The Bertz CT molecular complexity index is 117. The fraction of sp³-hybridized carbons (Fsp3) is 0.875. The zero-order chi connectivity index (χ0) is 8.23. The molecule has 0 aromatic carbocycles. The highest BCUT2D eigenvalue weighted by Crippen LogP contribution is 2.21. The van der Waals surface area contributed by atoms with Gasteiger partial charge in [0.1, 0.15) is 0 Å². The van der Waals surface area contributed by atoms with Crippen LogP contribution in [-0.4, -0.2) is 42.6 Å². The summed E-state index contributed by atoms with van der Waals surface area (Å²) >= 11 is 3.93. The van der Waals surface area contributed by atoms with Gasteiger partial charge < -0.3 is 10.1 Å². The summed E-state index contributed by atoms with van der Waals surface area (Å²) in [7, 11) is 0. The smallest absolute Gasteiger partial charge is 0.0826 e. The van der Waals surface area contributed by atoms with Crippen LogP contribution in [-0.2, 0) is 4.74 Å². The lowest BCUT2D eigenvalue weighted by atomic mass is 10.2. The molecule has 2 fully saturated rings. The van der Waals surface area contributed by atoms with Crippen LogP contribution < -0.4 is 5.32 Å². The highest BCUT2D eigenvalue weighted by Gasteiger charge is 2.26. The Hall–Kier alpha value is 0.620. The molecule has 0 bridgehead atoms. The third-order valence-electron chi connectivity index (χ3n) is 2.16. The zero-order valence-electron chi connectivity index (χ0n) is 6.99. The van der Waals surface area contributed by atoms with E-state index in [1.807, 2.05) is 23.5 Å². The van der Waals surface area contributed by atoms with Crippen LogP contribution in [0.5, 0.6) is 0 Å². The van der Waals surface area contributed by atoms with Gasteiger partial charge in [-0.2, -0.15) is 23.5 Å².